The molecule has 0 bridgehead atoms. The number of carbonyl (C=O) groups excluding carboxylic acids is 1. The third-order valence-corrected chi connectivity index (χ3v) is 2.48. The Morgan fingerprint density at radius 3 is 2.78 bits per heavy atom. The number of hydrogen-bond donors (Lipinski definition) is 1. The van der Waals surface area contributed by atoms with E-state index in [1.165, 1.54) is 0 Å². The van der Waals surface area contributed by atoms with Crippen LogP contribution in [0, 0.1) is 6.20 Å². The normalized spacial score (nSPS) is 10.7. The van der Waals surface area contributed by atoms with Gasteiger partial charge in [0.1, 0.15) is 12.0 Å². The molecular formula is C13H8N3O2. The summed E-state index contributed by atoms with van der Waals surface area (Å²) in [4.78, 5) is 18.6. The van der Waals surface area contributed by atoms with Gasteiger partial charge < -0.3 is 10.2 Å². The third kappa shape index (κ3) is 1.71. The zero-order valence-electron chi connectivity index (χ0n) is 9.25. The van der Waals surface area contributed by atoms with E-state index in [2.05, 4.69) is 16.2 Å². The third-order valence-electron chi connectivity index (χ3n) is 2.48. The first-order valence-corrected chi connectivity index (χ1v) is 5.28. The molecule has 1 radical (unpaired) electrons. The lowest BCUT2D eigenvalue weighted by atomic mass is 10.2. The molecule has 1 aromatic carbocycles. The number of nitrogens with zero attached hydrogens (tertiary/aromatic N) is 2. The van der Waals surface area contributed by atoms with E-state index < -0.39 is 5.91 Å². The number of furan rings is 1. The second-order valence-corrected chi connectivity index (χ2v) is 3.72. The van der Waals surface area contributed by atoms with Gasteiger partial charge in [-0.3, -0.25) is 4.79 Å². The highest BCUT2D eigenvalue weighted by Crippen LogP contribution is 2.25. The quantitative estimate of drug-likeness (QED) is 0.737. The lowest BCUT2D eigenvalue weighted by Crippen LogP contribution is -2.14. The molecule has 0 aliphatic rings. The molecule has 0 fully saturated rings. The second-order valence-electron chi connectivity index (χ2n) is 3.72. The number of primary amides is 1. The van der Waals surface area contributed by atoms with Gasteiger partial charge in [0.15, 0.2) is 0 Å². The van der Waals surface area contributed by atoms with Gasteiger partial charge in [0, 0.05) is 5.56 Å². The van der Waals surface area contributed by atoms with Crippen LogP contribution in [-0.2, 0) is 0 Å². The fourth-order valence-corrected chi connectivity index (χ4v) is 1.63. The largest absolute Gasteiger partial charge is 0.438 e. The number of rotatable bonds is 2. The van der Waals surface area contributed by atoms with Crippen molar-refractivity contribution in [3.05, 3.63) is 48.4 Å². The van der Waals surface area contributed by atoms with Crippen molar-refractivity contribution in [1.82, 2.24) is 9.97 Å². The average molecular weight is 238 g/mol. The maximum Gasteiger partial charge on any atom is 0.286 e. The van der Waals surface area contributed by atoms with Crippen LogP contribution >= 0.6 is 0 Å². The maximum atomic E-state index is 11.0. The summed E-state index contributed by atoms with van der Waals surface area (Å²) in [5.74, 6) is -0.153. The van der Waals surface area contributed by atoms with Crippen LogP contribution in [0.25, 0.3) is 22.4 Å². The molecule has 3 rings (SSSR count). The number of benzene rings is 1. The number of carbonyl (C=O) groups is 1. The minimum Gasteiger partial charge on any atom is -0.438 e. The molecular weight excluding hydrogens is 230 g/mol. The highest BCUT2D eigenvalue weighted by Gasteiger charge is 2.11. The van der Waals surface area contributed by atoms with Gasteiger partial charge in [0.2, 0.25) is 11.5 Å². The number of hydrogen-bond acceptors (Lipinski definition) is 4. The lowest BCUT2D eigenvalue weighted by molar-refractivity contribution is 0.0990. The van der Waals surface area contributed by atoms with Crippen molar-refractivity contribution in [1.29, 1.82) is 0 Å². The summed E-state index contributed by atoms with van der Waals surface area (Å²) < 4.78 is 5.55. The Bertz CT molecular complexity index is 719. The average Bonchev–Trinajstić information content (AvgIpc) is 2.82. The molecule has 2 N–H and O–H groups in total. The standard InChI is InChI=1S/C13H8N3O2/c14-11(17)12-15-7-9-6-10(18-13(9)16-12)8-4-2-1-3-5-8/h1-6H,(H2,14,17). The van der Waals surface area contributed by atoms with E-state index in [1.807, 2.05) is 30.3 Å². The first kappa shape index (κ1) is 10.5. The topological polar surface area (TPSA) is 82.0 Å². The van der Waals surface area contributed by atoms with E-state index in [0.29, 0.717) is 16.9 Å². The summed E-state index contributed by atoms with van der Waals surface area (Å²) in [5, 5.41) is 0.610. The van der Waals surface area contributed by atoms with Crippen molar-refractivity contribution in [2.75, 3.05) is 0 Å². The smallest absolute Gasteiger partial charge is 0.286 e. The number of aromatic nitrogens is 2. The highest BCUT2D eigenvalue weighted by atomic mass is 16.3. The Kier molecular flexibility index (Phi) is 2.30. The van der Waals surface area contributed by atoms with Gasteiger partial charge >= 0.3 is 0 Å². The van der Waals surface area contributed by atoms with Crippen LogP contribution in [0.5, 0.6) is 0 Å². The van der Waals surface area contributed by atoms with Crippen molar-refractivity contribution in [3.63, 3.8) is 0 Å². The summed E-state index contributed by atoms with van der Waals surface area (Å²) in [7, 11) is 0. The van der Waals surface area contributed by atoms with Gasteiger partial charge in [-0.15, -0.1) is 0 Å². The SMILES string of the molecule is NC(=O)c1n[c]c2cc(-c3ccccc3)oc2n1. The fraction of sp³-hybridized carbons (Fsp3) is 0. The molecule has 0 aliphatic heterocycles. The predicted molar refractivity (Wildman–Crippen MR) is 64.6 cm³/mol. The van der Waals surface area contributed by atoms with Gasteiger partial charge in [-0.05, 0) is 6.07 Å². The van der Waals surface area contributed by atoms with Gasteiger partial charge in [-0.1, -0.05) is 30.3 Å². The fourth-order valence-electron chi connectivity index (χ4n) is 1.63. The van der Waals surface area contributed by atoms with Crippen molar-refractivity contribution in [2.24, 2.45) is 5.73 Å². The molecule has 3 aromatic rings. The molecule has 5 heteroatoms. The zero-order chi connectivity index (χ0) is 12.5. The predicted octanol–water partition coefficient (Wildman–Crippen LogP) is 1.79. The Morgan fingerprint density at radius 1 is 1.28 bits per heavy atom. The summed E-state index contributed by atoms with van der Waals surface area (Å²) in [6, 6.07) is 11.3. The van der Waals surface area contributed by atoms with Crippen molar-refractivity contribution in [3.8, 4) is 11.3 Å². The van der Waals surface area contributed by atoms with E-state index >= 15 is 0 Å². The van der Waals surface area contributed by atoms with Crippen LogP contribution < -0.4 is 5.73 Å². The first-order valence-electron chi connectivity index (χ1n) is 5.28. The summed E-state index contributed by atoms with van der Waals surface area (Å²) in [5.41, 5.74) is 6.32. The van der Waals surface area contributed by atoms with Crippen LogP contribution in [0.15, 0.2) is 40.8 Å². The van der Waals surface area contributed by atoms with Crippen molar-refractivity contribution in [2.45, 2.75) is 0 Å². The number of amides is 1. The molecule has 18 heavy (non-hydrogen) atoms. The maximum absolute atomic E-state index is 11.0. The Morgan fingerprint density at radius 2 is 2.06 bits per heavy atom. The summed E-state index contributed by atoms with van der Waals surface area (Å²) in [6.07, 6.45) is 2.68. The van der Waals surface area contributed by atoms with E-state index in [-0.39, 0.29) is 5.82 Å². The summed E-state index contributed by atoms with van der Waals surface area (Å²) in [6.45, 7) is 0. The second kappa shape index (κ2) is 3.96. The molecule has 0 aliphatic carbocycles. The van der Waals surface area contributed by atoms with E-state index in [1.54, 1.807) is 6.07 Å². The van der Waals surface area contributed by atoms with E-state index in [4.69, 9.17) is 10.2 Å². The summed E-state index contributed by atoms with van der Waals surface area (Å²) >= 11 is 0. The minimum atomic E-state index is -0.703. The van der Waals surface area contributed by atoms with Crippen LogP contribution in [0.1, 0.15) is 10.6 Å². The van der Waals surface area contributed by atoms with Gasteiger partial charge in [0.25, 0.3) is 5.91 Å². The molecule has 0 atom stereocenters. The highest BCUT2D eigenvalue weighted by molar-refractivity contribution is 5.90. The number of fused-ring (bicyclic) bond motifs is 1. The van der Waals surface area contributed by atoms with Crippen molar-refractivity contribution < 1.29 is 9.21 Å². The van der Waals surface area contributed by atoms with Crippen LogP contribution in [0.4, 0.5) is 0 Å². The molecule has 2 aromatic heterocycles. The van der Waals surface area contributed by atoms with Gasteiger partial charge in [-0.2, -0.15) is 4.98 Å². The minimum absolute atomic E-state index is 0.100. The van der Waals surface area contributed by atoms with E-state index in [9.17, 15) is 4.79 Å². The molecule has 0 saturated heterocycles. The van der Waals surface area contributed by atoms with E-state index in [0.717, 1.165) is 5.56 Å². The molecule has 0 saturated carbocycles. The molecule has 87 valence electrons. The Balaban J connectivity index is 2.14. The van der Waals surface area contributed by atoms with Crippen LogP contribution in [-0.4, -0.2) is 15.9 Å². The molecule has 0 unspecified atom stereocenters. The van der Waals surface area contributed by atoms with Crippen LogP contribution in [0.3, 0.4) is 0 Å². The monoisotopic (exact) mass is 238 g/mol. The van der Waals surface area contributed by atoms with Crippen molar-refractivity contribution >= 4 is 17.0 Å². The van der Waals surface area contributed by atoms with Crippen LogP contribution in [0.2, 0.25) is 0 Å². The Labute approximate surface area is 102 Å². The van der Waals surface area contributed by atoms with Gasteiger partial charge in [-0.25, -0.2) is 4.98 Å². The molecule has 5 nitrogen and oxygen atoms in total. The molecule has 2 heterocycles. The molecule has 0 spiro atoms. The first-order chi connectivity index (χ1) is 8.74. The van der Waals surface area contributed by atoms with Gasteiger partial charge in [0.05, 0.1) is 5.39 Å². The zero-order valence-corrected chi connectivity index (χ0v) is 9.25. The number of nitrogens with two attached hydrogens (primary N) is 1. The Hall–Kier alpha value is -2.69. The molecule has 1 amide bonds. The lowest BCUT2D eigenvalue weighted by Gasteiger charge is -1.93.